The number of methoxy groups -OCH3 is 2. The molecule has 0 saturated carbocycles. The van der Waals surface area contributed by atoms with Gasteiger partial charge in [0.05, 0.1) is 19.3 Å². The van der Waals surface area contributed by atoms with E-state index in [0.717, 1.165) is 23.4 Å². The zero-order valence-electron chi connectivity index (χ0n) is 22.5. The molecule has 3 aromatic rings. The van der Waals surface area contributed by atoms with Gasteiger partial charge in [0, 0.05) is 33.0 Å². The molecule has 0 spiro atoms. The van der Waals surface area contributed by atoms with E-state index in [9.17, 15) is 0 Å². The van der Waals surface area contributed by atoms with Gasteiger partial charge in [-0.25, -0.2) is 0 Å². The molecule has 2 heterocycles. The third-order valence-electron chi connectivity index (χ3n) is 6.48. The summed E-state index contributed by atoms with van der Waals surface area (Å²) in [7, 11) is 3.28. The Morgan fingerprint density at radius 3 is 1.97 bits per heavy atom. The molecule has 1 aliphatic heterocycles. The highest BCUT2D eigenvalue weighted by molar-refractivity contribution is 5.91. The normalized spacial score (nSPS) is 14.2. The van der Waals surface area contributed by atoms with Crippen LogP contribution in [0.3, 0.4) is 0 Å². The first-order chi connectivity index (χ1) is 18.6. The van der Waals surface area contributed by atoms with Crippen molar-refractivity contribution in [1.29, 1.82) is 5.41 Å². The molecule has 1 aliphatic rings. The SMILES string of the molecule is COCC(C)Oc1nc(NCc2ccc(CN3CCCC3)cc2)c(C=N)c(NCc2ccc(OC)cc2)n1. The first kappa shape index (κ1) is 27.3. The van der Waals surface area contributed by atoms with E-state index in [1.807, 2.05) is 31.2 Å². The van der Waals surface area contributed by atoms with E-state index in [2.05, 4.69) is 49.8 Å². The van der Waals surface area contributed by atoms with Gasteiger partial charge in [-0.05, 0) is 61.7 Å². The smallest absolute Gasteiger partial charge is 0.320 e. The maximum absolute atomic E-state index is 8.09. The molecule has 0 bridgehead atoms. The third kappa shape index (κ3) is 7.66. The fourth-order valence-electron chi connectivity index (χ4n) is 4.43. The molecule has 9 nitrogen and oxygen atoms in total. The number of benzene rings is 2. The average Bonchev–Trinajstić information content (AvgIpc) is 3.45. The van der Waals surface area contributed by atoms with Crippen molar-refractivity contribution < 1.29 is 14.2 Å². The summed E-state index contributed by atoms with van der Waals surface area (Å²) in [4.78, 5) is 11.7. The zero-order valence-corrected chi connectivity index (χ0v) is 22.5. The number of rotatable bonds is 14. The molecule has 9 heteroatoms. The molecule has 1 atom stereocenters. The Morgan fingerprint density at radius 1 is 0.895 bits per heavy atom. The lowest BCUT2D eigenvalue weighted by atomic mass is 10.1. The van der Waals surface area contributed by atoms with Gasteiger partial charge in [-0.1, -0.05) is 36.4 Å². The minimum atomic E-state index is -0.226. The number of ether oxygens (including phenoxy) is 3. The van der Waals surface area contributed by atoms with E-state index in [1.165, 1.54) is 37.7 Å². The van der Waals surface area contributed by atoms with Crippen LogP contribution in [0.4, 0.5) is 11.6 Å². The molecule has 4 rings (SSSR count). The van der Waals surface area contributed by atoms with Crippen LogP contribution in [0.1, 0.15) is 42.0 Å². The Balaban J connectivity index is 1.49. The summed E-state index contributed by atoms with van der Waals surface area (Å²) in [6.07, 6.45) is 3.63. The van der Waals surface area contributed by atoms with E-state index in [-0.39, 0.29) is 12.1 Å². The van der Waals surface area contributed by atoms with Gasteiger partial charge in [0.2, 0.25) is 0 Å². The predicted octanol–water partition coefficient (Wildman–Crippen LogP) is 4.72. The Hall–Kier alpha value is -3.69. The summed E-state index contributed by atoms with van der Waals surface area (Å²) in [6.45, 7) is 6.77. The molecular formula is C29H38N6O3. The first-order valence-corrected chi connectivity index (χ1v) is 13.1. The number of nitrogens with zero attached hydrogens (tertiary/aromatic N) is 3. The Kier molecular flexibility index (Phi) is 9.89. The van der Waals surface area contributed by atoms with Gasteiger partial charge in [0.25, 0.3) is 0 Å². The van der Waals surface area contributed by atoms with Gasteiger partial charge in [-0.3, -0.25) is 4.90 Å². The molecule has 1 fully saturated rings. The van der Waals surface area contributed by atoms with Crippen LogP contribution in [-0.4, -0.2) is 61.1 Å². The minimum Gasteiger partial charge on any atom is -0.497 e. The van der Waals surface area contributed by atoms with Crippen LogP contribution < -0.4 is 20.1 Å². The monoisotopic (exact) mass is 518 g/mol. The summed E-state index contributed by atoms with van der Waals surface area (Å²) in [5.74, 6) is 1.86. The largest absolute Gasteiger partial charge is 0.497 e. The molecule has 1 saturated heterocycles. The average molecular weight is 519 g/mol. The lowest BCUT2D eigenvalue weighted by Crippen LogP contribution is -2.20. The number of hydrogen-bond acceptors (Lipinski definition) is 9. The van der Waals surface area contributed by atoms with Crippen molar-refractivity contribution in [3.63, 3.8) is 0 Å². The van der Waals surface area contributed by atoms with Crippen molar-refractivity contribution in [3.05, 3.63) is 70.8 Å². The van der Waals surface area contributed by atoms with Gasteiger partial charge in [-0.15, -0.1) is 0 Å². The standard InChI is InChI=1S/C29H38N6O3/c1-21(20-36-2)38-29-33-27(31-17-22-6-8-24(9-7-22)19-35-14-4-5-15-35)26(16-30)28(34-29)32-18-23-10-12-25(37-3)13-11-23/h6-13,16,21,30H,4-5,14-15,17-20H2,1-3H3,(H2,31,32,33,34). The summed E-state index contributed by atoms with van der Waals surface area (Å²) in [5, 5.41) is 14.8. The van der Waals surface area contributed by atoms with Crippen molar-refractivity contribution in [3.8, 4) is 11.8 Å². The fourth-order valence-corrected chi connectivity index (χ4v) is 4.43. The van der Waals surface area contributed by atoms with Gasteiger partial charge < -0.3 is 30.3 Å². The summed E-state index contributed by atoms with van der Waals surface area (Å²) in [5.41, 5.74) is 4.08. The van der Waals surface area contributed by atoms with Crippen molar-refractivity contribution >= 4 is 17.9 Å². The van der Waals surface area contributed by atoms with Crippen LogP contribution in [0.2, 0.25) is 0 Å². The Morgan fingerprint density at radius 2 is 1.45 bits per heavy atom. The molecule has 2 aromatic carbocycles. The van der Waals surface area contributed by atoms with Crippen LogP contribution in [0.25, 0.3) is 0 Å². The summed E-state index contributed by atoms with van der Waals surface area (Å²) < 4.78 is 16.4. The Labute approximate surface area is 225 Å². The maximum Gasteiger partial charge on any atom is 0.320 e. The number of likely N-dealkylation sites (tertiary alicyclic amines) is 1. The van der Waals surface area contributed by atoms with Crippen molar-refractivity contribution in [2.45, 2.75) is 45.5 Å². The van der Waals surface area contributed by atoms with Gasteiger partial charge in [0.1, 0.15) is 23.5 Å². The van der Waals surface area contributed by atoms with Crippen LogP contribution in [0.5, 0.6) is 11.8 Å². The molecule has 202 valence electrons. The second kappa shape index (κ2) is 13.7. The van der Waals surface area contributed by atoms with Crippen molar-refractivity contribution in [1.82, 2.24) is 14.9 Å². The number of aromatic nitrogens is 2. The zero-order chi connectivity index (χ0) is 26.7. The van der Waals surface area contributed by atoms with Crippen LogP contribution in [-0.2, 0) is 24.4 Å². The van der Waals surface area contributed by atoms with E-state index >= 15 is 0 Å². The molecular weight excluding hydrogens is 480 g/mol. The van der Waals surface area contributed by atoms with Crippen LogP contribution in [0.15, 0.2) is 48.5 Å². The van der Waals surface area contributed by atoms with E-state index in [0.29, 0.717) is 36.9 Å². The quantitative estimate of drug-likeness (QED) is 0.264. The molecule has 0 amide bonds. The molecule has 0 aliphatic carbocycles. The topological polar surface area (TPSA) is 105 Å². The molecule has 38 heavy (non-hydrogen) atoms. The highest BCUT2D eigenvalue weighted by atomic mass is 16.5. The highest BCUT2D eigenvalue weighted by Crippen LogP contribution is 2.25. The molecule has 0 radical (unpaired) electrons. The maximum atomic E-state index is 8.09. The van der Waals surface area contributed by atoms with Crippen molar-refractivity contribution in [2.75, 3.05) is 44.5 Å². The predicted molar refractivity (Wildman–Crippen MR) is 150 cm³/mol. The Bertz CT molecular complexity index is 1160. The number of anilines is 2. The van der Waals surface area contributed by atoms with Gasteiger partial charge >= 0.3 is 6.01 Å². The van der Waals surface area contributed by atoms with Gasteiger partial charge in [0.15, 0.2) is 0 Å². The third-order valence-corrected chi connectivity index (χ3v) is 6.48. The van der Waals surface area contributed by atoms with E-state index in [1.54, 1.807) is 14.2 Å². The minimum absolute atomic E-state index is 0.223. The summed E-state index contributed by atoms with van der Waals surface area (Å²) in [6, 6.07) is 16.7. The van der Waals surface area contributed by atoms with Crippen molar-refractivity contribution in [2.24, 2.45) is 0 Å². The number of hydrogen-bond donors (Lipinski definition) is 3. The number of nitrogens with one attached hydrogen (secondary N) is 3. The molecule has 1 unspecified atom stereocenters. The van der Waals surface area contributed by atoms with Crippen LogP contribution >= 0.6 is 0 Å². The highest BCUT2D eigenvalue weighted by Gasteiger charge is 2.16. The fraction of sp³-hybridized carbons (Fsp3) is 0.414. The van der Waals surface area contributed by atoms with Gasteiger partial charge in [-0.2, -0.15) is 9.97 Å². The van der Waals surface area contributed by atoms with Crippen LogP contribution in [0, 0.1) is 5.41 Å². The lowest BCUT2D eigenvalue weighted by molar-refractivity contribution is 0.0857. The van der Waals surface area contributed by atoms with E-state index < -0.39 is 0 Å². The van der Waals surface area contributed by atoms with E-state index in [4.69, 9.17) is 19.6 Å². The molecule has 1 aromatic heterocycles. The molecule has 3 N–H and O–H groups in total. The lowest BCUT2D eigenvalue weighted by Gasteiger charge is -2.18. The summed E-state index contributed by atoms with van der Waals surface area (Å²) >= 11 is 0. The first-order valence-electron chi connectivity index (χ1n) is 13.1. The second-order valence-electron chi connectivity index (χ2n) is 9.50. The second-order valence-corrected chi connectivity index (χ2v) is 9.50.